The smallest absolute Gasteiger partial charge is 0.190 e. The van der Waals surface area contributed by atoms with E-state index in [9.17, 15) is 8.78 Å². The molecule has 0 aromatic heterocycles. The maximum atomic E-state index is 13.3. The first-order chi connectivity index (χ1) is 8.67. The van der Waals surface area contributed by atoms with E-state index in [-0.39, 0.29) is 24.0 Å². The molecule has 2 N–H and O–H groups in total. The molecule has 1 aromatic carbocycles. The summed E-state index contributed by atoms with van der Waals surface area (Å²) in [6.45, 7) is 3.45. The first-order valence-corrected chi connectivity index (χ1v) is 6.05. The number of aliphatic imine (C=N–C) groups is 1. The molecule has 0 unspecified atom stereocenters. The van der Waals surface area contributed by atoms with Crippen LogP contribution in [0, 0.1) is 11.6 Å². The molecule has 3 nitrogen and oxygen atoms in total. The van der Waals surface area contributed by atoms with E-state index in [0.717, 1.165) is 19.0 Å². The molecule has 0 heterocycles. The summed E-state index contributed by atoms with van der Waals surface area (Å²) < 4.78 is 26.1. The van der Waals surface area contributed by atoms with Crippen molar-refractivity contribution in [3.63, 3.8) is 0 Å². The molecule has 0 amide bonds. The highest BCUT2D eigenvalue weighted by Gasteiger charge is 2.03. The second-order valence-electron chi connectivity index (χ2n) is 3.91. The average Bonchev–Trinajstić information content (AvgIpc) is 2.36. The molecule has 0 radical (unpaired) electrons. The quantitative estimate of drug-likeness (QED) is 0.466. The van der Waals surface area contributed by atoms with Crippen LogP contribution in [0.15, 0.2) is 23.2 Å². The summed E-state index contributed by atoms with van der Waals surface area (Å²) in [5.74, 6) is -0.364. The van der Waals surface area contributed by atoms with Gasteiger partial charge in [0.25, 0.3) is 0 Å². The topological polar surface area (TPSA) is 36.4 Å². The number of rotatable bonds is 5. The Morgan fingerprint density at radius 1 is 1.21 bits per heavy atom. The number of hydrogen-bond donors (Lipinski definition) is 2. The third-order valence-corrected chi connectivity index (χ3v) is 2.47. The van der Waals surface area contributed by atoms with Crippen LogP contribution in [0.25, 0.3) is 0 Å². The monoisotopic (exact) mass is 383 g/mol. The van der Waals surface area contributed by atoms with E-state index in [4.69, 9.17) is 0 Å². The number of hydrogen-bond acceptors (Lipinski definition) is 1. The third kappa shape index (κ3) is 6.70. The van der Waals surface area contributed by atoms with Crippen molar-refractivity contribution in [1.29, 1.82) is 0 Å². The Kier molecular flexibility index (Phi) is 9.46. The number of nitrogens with zero attached hydrogens (tertiary/aromatic N) is 1. The van der Waals surface area contributed by atoms with Crippen molar-refractivity contribution in [1.82, 2.24) is 10.6 Å². The number of nitrogens with one attached hydrogen (secondary N) is 2. The van der Waals surface area contributed by atoms with E-state index in [1.165, 1.54) is 12.1 Å². The van der Waals surface area contributed by atoms with Gasteiger partial charge in [-0.1, -0.05) is 13.0 Å². The van der Waals surface area contributed by atoms with Crippen molar-refractivity contribution in [2.24, 2.45) is 4.99 Å². The van der Waals surface area contributed by atoms with E-state index in [2.05, 4.69) is 22.5 Å². The molecule has 0 aliphatic rings. The predicted octanol–water partition coefficient (Wildman–Crippen LogP) is 2.70. The van der Waals surface area contributed by atoms with Gasteiger partial charge in [-0.15, -0.1) is 24.0 Å². The molecule has 1 aromatic rings. The Morgan fingerprint density at radius 3 is 2.47 bits per heavy atom. The van der Waals surface area contributed by atoms with Crippen molar-refractivity contribution in [3.8, 4) is 0 Å². The fraction of sp³-hybridized carbons (Fsp3) is 0.462. The van der Waals surface area contributed by atoms with Gasteiger partial charge >= 0.3 is 0 Å². The Labute approximate surface area is 129 Å². The largest absolute Gasteiger partial charge is 0.356 e. The number of guanidine groups is 1. The van der Waals surface area contributed by atoms with Crippen LogP contribution in [0.5, 0.6) is 0 Å². The molecule has 6 heteroatoms. The molecule has 108 valence electrons. The average molecular weight is 383 g/mol. The number of halogens is 3. The summed E-state index contributed by atoms with van der Waals surface area (Å²) in [4.78, 5) is 4.03. The van der Waals surface area contributed by atoms with Crippen LogP contribution in [0.4, 0.5) is 8.78 Å². The Bertz CT molecular complexity index is 411. The molecule has 19 heavy (non-hydrogen) atoms. The zero-order valence-electron chi connectivity index (χ0n) is 11.2. The highest BCUT2D eigenvalue weighted by molar-refractivity contribution is 14.0. The Morgan fingerprint density at radius 2 is 1.89 bits per heavy atom. The summed E-state index contributed by atoms with van der Waals surface area (Å²) in [5.41, 5.74) is 0.495. The Hall–Kier alpha value is -0.920. The van der Waals surface area contributed by atoms with E-state index in [1.54, 1.807) is 7.05 Å². The summed E-state index contributed by atoms with van der Waals surface area (Å²) in [5, 5.41) is 6.19. The molecule has 0 aliphatic carbocycles. The van der Waals surface area contributed by atoms with Crippen LogP contribution < -0.4 is 10.6 Å². The van der Waals surface area contributed by atoms with Gasteiger partial charge in [-0.25, -0.2) is 8.78 Å². The number of benzene rings is 1. The first kappa shape index (κ1) is 18.1. The maximum Gasteiger partial charge on any atom is 0.190 e. The standard InChI is InChI=1S/C13H19F2N3.HI/c1-3-7-17-13(16-2)18-8-6-10-4-5-11(14)9-12(10)15;/h4-5,9H,3,6-8H2,1-2H3,(H2,16,17,18);1H. The van der Waals surface area contributed by atoms with Gasteiger partial charge in [0.15, 0.2) is 5.96 Å². The van der Waals surface area contributed by atoms with Gasteiger partial charge < -0.3 is 10.6 Å². The lowest BCUT2D eigenvalue weighted by molar-refractivity contribution is 0.570. The van der Waals surface area contributed by atoms with Crippen molar-refractivity contribution < 1.29 is 8.78 Å². The second kappa shape index (κ2) is 9.94. The van der Waals surface area contributed by atoms with Crippen LogP contribution >= 0.6 is 24.0 Å². The fourth-order valence-corrected chi connectivity index (χ4v) is 1.50. The first-order valence-electron chi connectivity index (χ1n) is 6.05. The summed E-state index contributed by atoms with van der Waals surface area (Å²) in [6.07, 6.45) is 1.49. The molecule has 1 rings (SSSR count). The maximum absolute atomic E-state index is 13.3. The minimum Gasteiger partial charge on any atom is -0.356 e. The molecular weight excluding hydrogens is 363 g/mol. The molecule has 0 atom stereocenters. The normalized spacial score (nSPS) is 10.8. The summed E-state index contributed by atoms with van der Waals surface area (Å²) >= 11 is 0. The SMILES string of the molecule is CCCNC(=NC)NCCc1ccc(F)cc1F.I. The lowest BCUT2D eigenvalue weighted by Crippen LogP contribution is -2.38. The van der Waals surface area contributed by atoms with E-state index in [1.807, 2.05) is 0 Å². The van der Waals surface area contributed by atoms with E-state index >= 15 is 0 Å². The third-order valence-electron chi connectivity index (χ3n) is 2.47. The molecule has 0 fully saturated rings. The predicted molar refractivity (Wildman–Crippen MR) is 85.1 cm³/mol. The second-order valence-corrected chi connectivity index (χ2v) is 3.91. The van der Waals surface area contributed by atoms with Crippen LogP contribution in [0.2, 0.25) is 0 Å². The van der Waals surface area contributed by atoms with Gasteiger partial charge in [-0.05, 0) is 24.5 Å². The highest BCUT2D eigenvalue weighted by Crippen LogP contribution is 2.09. The molecule has 0 saturated carbocycles. The van der Waals surface area contributed by atoms with Crippen LogP contribution in [0.1, 0.15) is 18.9 Å². The van der Waals surface area contributed by atoms with Gasteiger partial charge in [0.1, 0.15) is 11.6 Å². The molecule has 0 saturated heterocycles. The van der Waals surface area contributed by atoms with Gasteiger partial charge in [0, 0.05) is 26.2 Å². The zero-order chi connectivity index (χ0) is 13.4. The summed E-state index contributed by atoms with van der Waals surface area (Å²) in [6, 6.07) is 3.64. The zero-order valence-corrected chi connectivity index (χ0v) is 13.5. The van der Waals surface area contributed by atoms with Gasteiger partial charge in [0.05, 0.1) is 0 Å². The van der Waals surface area contributed by atoms with Crippen LogP contribution in [-0.4, -0.2) is 26.1 Å². The molecule has 0 bridgehead atoms. The molecular formula is C13H20F2IN3. The lowest BCUT2D eigenvalue weighted by Gasteiger charge is -2.11. The summed E-state index contributed by atoms with van der Waals surface area (Å²) in [7, 11) is 1.68. The van der Waals surface area contributed by atoms with Gasteiger partial charge in [0.2, 0.25) is 0 Å². The van der Waals surface area contributed by atoms with Crippen molar-refractivity contribution >= 4 is 29.9 Å². The molecule has 0 aliphatic heterocycles. The van der Waals surface area contributed by atoms with E-state index in [0.29, 0.717) is 24.5 Å². The highest BCUT2D eigenvalue weighted by atomic mass is 127. The van der Waals surface area contributed by atoms with Gasteiger partial charge in [-0.3, -0.25) is 4.99 Å². The van der Waals surface area contributed by atoms with E-state index < -0.39 is 11.6 Å². The van der Waals surface area contributed by atoms with Crippen LogP contribution in [-0.2, 0) is 6.42 Å². The van der Waals surface area contributed by atoms with Crippen LogP contribution in [0.3, 0.4) is 0 Å². The minimum absolute atomic E-state index is 0. The van der Waals surface area contributed by atoms with Crippen molar-refractivity contribution in [2.45, 2.75) is 19.8 Å². The lowest BCUT2D eigenvalue weighted by atomic mass is 10.1. The molecule has 0 spiro atoms. The minimum atomic E-state index is -0.551. The van der Waals surface area contributed by atoms with Crippen molar-refractivity contribution in [3.05, 3.63) is 35.4 Å². The Balaban J connectivity index is 0.00000324. The van der Waals surface area contributed by atoms with Crippen molar-refractivity contribution in [2.75, 3.05) is 20.1 Å². The van der Waals surface area contributed by atoms with Gasteiger partial charge in [-0.2, -0.15) is 0 Å². The fourth-order valence-electron chi connectivity index (χ4n) is 1.50.